The fourth-order valence-corrected chi connectivity index (χ4v) is 4.60. The molecule has 0 spiro atoms. The fourth-order valence-electron chi connectivity index (χ4n) is 4.60. The first-order chi connectivity index (χ1) is 12.2. The van der Waals surface area contributed by atoms with Crippen LogP contribution in [0.25, 0.3) is 0 Å². The molecule has 1 aromatic heterocycles. The molecule has 1 aromatic carbocycles. The average molecular weight is 335 g/mol. The highest BCUT2D eigenvalue weighted by Crippen LogP contribution is 2.50. The Hall–Kier alpha value is -2.40. The third-order valence-electron chi connectivity index (χ3n) is 5.84. The van der Waals surface area contributed by atoms with Gasteiger partial charge in [-0.15, -0.1) is 0 Å². The van der Waals surface area contributed by atoms with Crippen molar-refractivity contribution < 1.29 is 9.53 Å². The number of hydrogen-bond donors (Lipinski definition) is 1. The van der Waals surface area contributed by atoms with Gasteiger partial charge in [-0.1, -0.05) is 24.6 Å². The number of nitrogens with zero attached hydrogens (tertiary/aromatic N) is 2. The third-order valence-corrected chi connectivity index (χ3v) is 5.84. The first-order valence-corrected chi connectivity index (χ1v) is 9.00. The minimum atomic E-state index is -0.0825. The van der Waals surface area contributed by atoms with Crippen molar-refractivity contribution in [3.8, 4) is 0 Å². The van der Waals surface area contributed by atoms with E-state index < -0.39 is 0 Å². The molecule has 0 bridgehead atoms. The van der Waals surface area contributed by atoms with Crippen molar-refractivity contribution in [1.29, 1.82) is 0 Å². The van der Waals surface area contributed by atoms with Crippen molar-refractivity contribution in [2.45, 2.75) is 50.0 Å². The number of anilines is 1. The lowest BCUT2D eigenvalue weighted by Crippen LogP contribution is -2.46. The van der Waals surface area contributed by atoms with Crippen LogP contribution in [0.1, 0.15) is 59.2 Å². The first kappa shape index (κ1) is 14.9. The van der Waals surface area contributed by atoms with E-state index in [0.717, 1.165) is 48.1 Å². The lowest BCUT2D eigenvalue weighted by atomic mass is 9.80. The number of nitrogens with two attached hydrogens (primary N) is 1. The predicted molar refractivity (Wildman–Crippen MR) is 93.9 cm³/mol. The maximum Gasteiger partial charge on any atom is 0.256 e. The molecule has 3 heterocycles. The van der Waals surface area contributed by atoms with Crippen LogP contribution >= 0.6 is 0 Å². The number of fused-ring (bicyclic) bond motifs is 3. The summed E-state index contributed by atoms with van der Waals surface area (Å²) in [5.41, 5.74) is 9.89. The minimum absolute atomic E-state index is 0.0558. The highest BCUT2D eigenvalue weighted by Gasteiger charge is 2.54. The smallest absolute Gasteiger partial charge is 0.256 e. The van der Waals surface area contributed by atoms with Gasteiger partial charge in [-0.05, 0) is 48.4 Å². The van der Waals surface area contributed by atoms with E-state index >= 15 is 0 Å². The Morgan fingerprint density at radius 3 is 2.92 bits per heavy atom. The molecule has 2 unspecified atom stereocenters. The molecule has 2 aromatic rings. The van der Waals surface area contributed by atoms with Crippen LogP contribution < -0.4 is 5.73 Å². The summed E-state index contributed by atoms with van der Waals surface area (Å²) in [6, 6.07) is 10.1. The molecule has 5 nitrogen and oxygen atoms in total. The van der Waals surface area contributed by atoms with Crippen molar-refractivity contribution in [3.05, 3.63) is 59.4 Å². The lowest BCUT2D eigenvalue weighted by Gasteiger charge is -2.38. The topological polar surface area (TPSA) is 71.8 Å². The van der Waals surface area contributed by atoms with Crippen LogP contribution in [0.2, 0.25) is 0 Å². The van der Waals surface area contributed by atoms with Gasteiger partial charge in [-0.2, -0.15) is 0 Å². The summed E-state index contributed by atoms with van der Waals surface area (Å²) in [6.45, 7) is 0. The van der Waals surface area contributed by atoms with Gasteiger partial charge in [0, 0.05) is 17.8 Å². The Labute approximate surface area is 146 Å². The van der Waals surface area contributed by atoms with Crippen molar-refractivity contribution in [1.82, 2.24) is 9.88 Å². The highest BCUT2D eigenvalue weighted by atomic mass is 16.6. The van der Waals surface area contributed by atoms with Crippen LogP contribution in [-0.2, 0) is 4.74 Å². The van der Waals surface area contributed by atoms with E-state index in [-0.39, 0.29) is 24.3 Å². The van der Waals surface area contributed by atoms with E-state index in [2.05, 4.69) is 4.98 Å². The zero-order valence-electron chi connectivity index (χ0n) is 14.0. The molecule has 5 heteroatoms. The number of carbonyl (C=O) groups is 1. The van der Waals surface area contributed by atoms with Crippen LogP contribution in [0.15, 0.2) is 42.7 Å². The molecule has 3 aliphatic rings. The Morgan fingerprint density at radius 2 is 2.04 bits per heavy atom. The number of hydrogen-bond acceptors (Lipinski definition) is 4. The number of pyridine rings is 1. The molecular formula is C20H21N3O2. The Morgan fingerprint density at radius 1 is 1.16 bits per heavy atom. The molecule has 4 atom stereocenters. The zero-order valence-corrected chi connectivity index (χ0v) is 14.0. The molecule has 0 radical (unpaired) electrons. The molecule has 1 saturated heterocycles. The number of rotatable bonds is 2. The number of ether oxygens (including phenoxy) is 1. The second-order valence-electron chi connectivity index (χ2n) is 7.27. The van der Waals surface area contributed by atoms with Crippen molar-refractivity contribution in [3.63, 3.8) is 0 Å². The molecule has 2 aliphatic heterocycles. The van der Waals surface area contributed by atoms with E-state index in [1.807, 2.05) is 35.2 Å². The van der Waals surface area contributed by atoms with E-state index in [1.165, 1.54) is 0 Å². The predicted octanol–water partition coefficient (Wildman–Crippen LogP) is 3.24. The van der Waals surface area contributed by atoms with Crippen LogP contribution in [0.3, 0.4) is 0 Å². The van der Waals surface area contributed by atoms with Crippen LogP contribution in [-0.4, -0.2) is 28.1 Å². The molecule has 1 saturated carbocycles. The second kappa shape index (κ2) is 5.56. The minimum Gasteiger partial charge on any atom is -0.397 e. The molecule has 2 fully saturated rings. The molecule has 25 heavy (non-hydrogen) atoms. The Bertz CT molecular complexity index is 837. The van der Waals surface area contributed by atoms with Gasteiger partial charge in [0.2, 0.25) is 0 Å². The maximum absolute atomic E-state index is 13.1. The van der Waals surface area contributed by atoms with Crippen molar-refractivity contribution in [2.24, 2.45) is 0 Å². The van der Waals surface area contributed by atoms with Gasteiger partial charge in [0.25, 0.3) is 5.91 Å². The third kappa shape index (κ3) is 2.34. The Kier molecular flexibility index (Phi) is 3.31. The quantitative estimate of drug-likeness (QED) is 0.855. The first-order valence-electron chi connectivity index (χ1n) is 9.00. The van der Waals surface area contributed by atoms with Crippen molar-refractivity contribution in [2.75, 3.05) is 5.73 Å². The van der Waals surface area contributed by atoms with Crippen LogP contribution in [0.4, 0.5) is 5.69 Å². The van der Waals surface area contributed by atoms with Gasteiger partial charge in [0.1, 0.15) is 6.10 Å². The van der Waals surface area contributed by atoms with Crippen LogP contribution in [0.5, 0.6) is 0 Å². The van der Waals surface area contributed by atoms with Gasteiger partial charge in [-0.25, -0.2) is 0 Å². The summed E-state index contributed by atoms with van der Waals surface area (Å²) in [6.07, 6.45) is 7.68. The number of benzene rings is 1. The Balaban J connectivity index is 1.43. The van der Waals surface area contributed by atoms with Crippen LogP contribution in [0, 0.1) is 0 Å². The average Bonchev–Trinajstić information content (AvgIpc) is 3.43. The molecule has 128 valence electrons. The van der Waals surface area contributed by atoms with Gasteiger partial charge >= 0.3 is 0 Å². The largest absolute Gasteiger partial charge is 0.397 e. The lowest BCUT2D eigenvalue weighted by molar-refractivity contribution is 0.0483. The maximum atomic E-state index is 13.1. The second-order valence-corrected chi connectivity index (χ2v) is 7.27. The molecule has 1 aliphatic carbocycles. The van der Waals surface area contributed by atoms with Gasteiger partial charge in [0.05, 0.1) is 11.9 Å². The number of epoxide rings is 1. The summed E-state index contributed by atoms with van der Waals surface area (Å²) >= 11 is 0. The molecule has 1 amide bonds. The summed E-state index contributed by atoms with van der Waals surface area (Å²) in [7, 11) is 0. The van der Waals surface area contributed by atoms with E-state index in [1.54, 1.807) is 12.4 Å². The zero-order chi connectivity index (χ0) is 17.0. The normalized spacial score (nSPS) is 30.6. The number of carbonyl (C=O) groups excluding carboxylic acids is 1. The number of amides is 1. The number of nitrogen functional groups attached to an aromatic ring is 1. The number of aromatic nitrogens is 1. The van der Waals surface area contributed by atoms with Gasteiger partial charge < -0.3 is 15.4 Å². The molecule has 2 N–H and O–H groups in total. The van der Waals surface area contributed by atoms with E-state index in [0.29, 0.717) is 5.92 Å². The van der Waals surface area contributed by atoms with Gasteiger partial charge in [-0.3, -0.25) is 9.78 Å². The van der Waals surface area contributed by atoms with E-state index in [9.17, 15) is 4.79 Å². The van der Waals surface area contributed by atoms with Gasteiger partial charge in [0.15, 0.2) is 6.23 Å². The molecular weight excluding hydrogens is 314 g/mol. The summed E-state index contributed by atoms with van der Waals surface area (Å²) < 4.78 is 5.88. The standard InChI is InChI=1S/C20H21N3O2/c21-17-11-22-9-8-14(17)12-4-3-5-13(10-12)23-19(24)16-7-2-1-6-15(16)18-20(23)25-18/h1-2,6-9,11-13,18,20H,3-5,10,21H2/t12-,13+,18?,20?/m0/s1. The monoisotopic (exact) mass is 335 g/mol. The summed E-state index contributed by atoms with van der Waals surface area (Å²) in [5, 5.41) is 0. The highest BCUT2D eigenvalue weighted by molar-refractivity contribution is 5.98. The molecule has 5 rings (SSSR count). The summed E-state index contributed by atoms with van der Waals surface area (Å²) in [5.74, 6) is 0.492. The SMILES string of the molecule is Nc1cnccc1[C@H]1CCC[C@@H](N2C(=O)c3ccccc3C3OC32)C1. The summed E-state index contributed by atoms with van der Waals surface area (Å²) in [4.78, 5) is 19.2. The van der Waals surface area contributed by atoms with E-state index in [4.69, 9.17) is 10.5 Å². The van der Waals surface area contributed by atoms with Crippen molar-refractivity contribution >= 4 is 11.6 Å². The fraction of sp³-hybridized carbons (Fsp3) is 0.400.